The van der Waals surface area contributed by atoms with Crippen molar-refractivity contribution in [1.29, 1.82) is 0 Å². The van der Waals surface area contributed by atoms with E-state index in [2.05, 4.69) is 26.0 Å². The van der Waals surface area contributed by atoms with Gasteiger partial charge >= 0.3 is 19.8 Å². The van der Waals surface area contributed by atoms with Crippen molar-refractivity contribution in [3.05, 3.63) is 36.5 Å². The third kappa shape index (κ3) is 42.1. The maximum atomic E-state index is 12.7. The highest BCUT2D eigenvalue weighted by atomic mass is 31.2. The molecule has 0 aliphatic rings. The summed E-state index contributed by atoms with van der Waals surface area (Å²) in [5.74, 6) is -0.991. The van der Waals surface area contributed by atoms with Gasteiger partial charge in [0.2, 0.25) is 0 Å². The average Bonchev–Trinajstić information content (AvgIpc) is 3.15. The number of nitrogens with zero attached hydrogens (tertiary/aromatic N) is 1. The number of phosphoric acid groups is 1. The van der Waals surface area contributed by atoms with Crippen LogP contribution in [0.25, 0.3) is 0 Å². The zero-order chi connectivity index (χ0) is 42.3. The molecule has 0 amide bonds. The van der Waals surface area contributed by atoms with Crippen molar-refractivity contribution < 1.29 is 47.2 Å². The van der Waals surface area contributed by atoms with Crippen LogP contribution in [0.15, 0.2) is 36.5 Å². The lowest BCUT2D eigenvalue weighted by Crippen LogP contribution is -2.37. The molecule has 0 heterocycles. The molecule has 0 saturated carbocycles. The lowest BCUT2D eigenvalue weighted by molar-refractivity contribution is -0.870. The smallest absolute Gasteiger partial charge is 0.462 e. The SMILES string of the molecule is CCCCCCCC/C=C/C/C=C/C=C/C(O)CCCC(=O)O[C@H](COC(=O)CCCCCCCCCCCCCCCCC)COP(=O)(O)OCC[N+](C)(C)C. The van der Waals surface area contributed by atoms with Gasteiger partial charge in [0.15, 0.2) is 6.10 Å². The molecule has 57 heavy (non-hydrogen) atoms. The van der Waals surface area contributed by atoms with Crippen molar-refractivity contribution in [2.24, 2.45) is 0 Å². The van der Waals surface area contributed by atoms with E-state index in [1.807, 2.05) is 33.3 Å². The predicted octanol–water partition coefficient (Wildman–Crippen LogP) is 11.9. The third-order valence-corrected chi connectivity index (χ3v) is 10.8. The summed E-state index contributed by atoms with van der Waals surface area (Å²) in [6.07, 6.45) is 39.4. The number of rotatable bonds is 41. The van der Waals surface area contributed by atoms with Crippen LogP contribution in [0.1, 0.15) is 187 Å². The maximum absolute atomic E-state index is 12.7. The predicted molar refractivity (Wildman–Crippen MR) is 235 cm³/mol. The van der Waals surface area contributed by atoms with Crippen LogP contribution in [-0.4, -0.2) is 86.1 Å². The van der Waals surface area contributed by atoms with Crippen molar-refractivity contribution in [2.75, 3.05) is 47.5 Å². The minimum absolute atomic E-state index is 0.00110. The Morgan fingerprint density at radius 2 is 1.16 bits per heavy atom. The molecule has 11 heteroatoms. The summed E-state index contributed by atoms with van der Waals surface area (Å²) in [7, 11) is 1.37. The molecule has 2 N–H and O–H groups in total. The van der Waals surface area contributed by atoms with E-state index in [9.17, 15) is 24.2 Å². The first kappa shape index (κ1) is 55.2. The number of phosphoric ester groups is 1. The lowest BCUT2D eigenvalue weighted by Gasteiger charge is -2.24. The van der Waals surface area contributed by atoms with Crippen molar-refractivity contribution in [2.45, 2.75) is 199 Å². The number of carbonyl (C=O) groups is 2. The van der Waals surface area contributed by atoms with Crippen LogP contribution in [-0.2, 0) is 32.7 Å². The number of hydrogen-bond donors (Lipinski definition) is 2. The molecular formula is C46H87NO9P+. The van der Waals surface area contributed by atoms with Crippen molar-refractivity contribution >= 4 is 19.8 Å². The molecule has 0 radical (unpaired) electrons. The molecule has 2 unspecified atom stereocenters. The molecule has 0 aromatic heterocycles. The second kappa shape index (κ2) is 38.4. The van der Waals surface area contributed by atoms with Gasteiger partial charge in [0.25, 0.3) is 0 Å². The van der Waals surface area contributed by atoms with Gasteiger partial charge in [-0.2, -0.15) is 0 Å². The Bertz CT molecular complexity index is 1090. The van der Waals surface area contributed by atoms with Crippen LogP contribution in [0.5, 0.6) is 0 Å². The van der Waals surface area contributed by atoms with Crippen LogP contribution in [0.4, 0.5) is 0 Å². The molecule has 334 valence electrons. The summed E-state index contributed by atoms with van der Waals surface area (Å²) in [5.41, 5.74) is 0. The minimum atomic E-state index is -4.43. The minimum Gasteiger partial charge on any atom is -0.462 e. The Morgan fingerprint density at radius 3 is 1.72 bits per heavy atom. The molecule has 0 rings (SSSR count). The highest BCUT2D eigenvalue weighted by Crippen LogP contribution is 2.43. The van der Waals surface area contributed by atoms with Gasteiger partial charge in [0, 0.05) is 12.8 Å². The molecule has 0 aliphatic carbocycles. The molecule has 3 atom stereocenters. The van der Waals surface area contributed by atoms with E-state index < -0.39 is 38.6 Å². The standard InChI is InChI=1S/C46H86NO9P/c1-6-8-10-12-14-16-18-20-21-23-25-27-29-31-33-37-45(49)53-41-44(42-55-57(51,52)54-40-39-47(3,4)5)56-46(50)38-34-36-43(48)35-32-30-28-26-24-22-19-17-15-13-11-9-7-2/h22,24,28,30,32,35,43-44,48H,6-21,23,25-27,29,31,33-34,36-42H2,1-5H3/p+1/b24-22+,30-28+,35-32+/t43?,44-/m1/s1. The zero-order valence-electron chi connectivity index (χ0n) is 37.2. The van der Waals surface area contributed by atoms with Crippen LogP contribution >= 0.6 is 7.82 Å². The molecule has 0 aliphatic heterocycles. The second-order valence-corrected chi connectivity index (χ2v) is 18.1. The monoisotopic (exact) mass is 829 g/mol. The quantitative estimate of drug-likeness (QED) is 0.0154. The number of unbranched alkanes of at least 4 members (excludes halogenated alkanes) is 20. The Labute approximate surface area is 349 Å². The van der Waals surface area contributed by atoms with Crippen molar-refractivity contribution in [3.63, 3.8) is 0 Å². The number of quaternary nitrogens is 1. The van der Waals surface area contributed by atoms with Gasteiger partial charge in [-0.25, -0.2) is 4.57 Å². The van der Waals surface area contributed by atoms with E-state index in [0.29, 0.717) is 30.3 Å². The summed E-state index contributed by atoms with van der Waals surface area (Å²) in [5, 5.41) is 10.3. The van der Waals surface area contributed by atoms with Crippen LogP contribution in [0.2, 0.25) is 0 Å². The zero-order valence-corrected chi connectivity index (χ0v) is 38.1. The van der Waals surface area contributed by atoms with Gasteiger partial charge in [-0.3, -0.25) is 18.6 Å². The topological polar surface area (TPSA) is 129 Å². The molecule has 0 bridgehead atoms. The Kier molecular flexibility index (Phi) is 37.2. The van der Waals surface area contributed by atoms with E-state index in [4.69, 9.17) is 18.5 Å². The van der Waals surface area contributed by atoms with Gasteiger partial charge < -0.3 is 24.0 Å². The first-order valence-corrected chi connectivity index (χ1v) is 24.3. The molecule has 0 aromatic carbocycles. The highest BCUT2D eigenvalue weighted by molar-refractivity contribution is 7.47. The number of carbonyl (C=O) groups excluding carboxylic acids is 2. The first-order valence-electron chi connectivity index (χ1n) is 22.8. The number of allylic oxidation sites excluding steroid dienone is 5. The molecule has 0 saturated heterocycles. The maximum Gasteiger partial charge on any atom is 0.472 e. The molecule has 0 aromatic rings. The lowest BCUT2D eigenvalue weighted by atomic mass is 10.0. The number of likely N-dealkylation sites (N-methyl/N-ethyl adjacent to an activating group) is 1. The summed E-state index contributed by atoms with van der Waals surface area (Å²) in [6.45, 7) is 4.20. The van der Waals surface area contributed by atoms with E-state index in [1.165, 1.54) is 116 Å². The Morgan fingerprint density at radius 1 is 0.632 bits per heavy atom. The number of hydrogen-bond acceptors (Lipinski definition) is 8. The fourth-order valence-corrected chi connectivity index (χ4v) is 6.88. The van der Waals surface area contributed by atoms with E-state index >= 15 is 0 Å². The average molecular weight is 829 g/mol. The van der Waals surface area contributed by atoms with Gasteiger partial charge in [-0.1, -0.05) is 172 Å². The second-order valence-electron chi connectivity index (χ2n) is 16.6. The van der Waals surface area contributed by atoms with Gasteiger partial charge in [0.1, 0.15) is 19.8 Å². The first-order chi connectivity index (χ1) is 27.4. The number of aliphatic hydroxyl groups excluding tert-OH is 1. The molecule has 0 fully saturated rings. The summed E-state index contributed by atoms with van der Waals surface area (Å²) in [6, 6.07) is 0. The van der Waals surface area contributed by atoms with Crippen molar-refractivity contribution in [3.8, 4) is 0 Å². The largest absolute Gasteiger partial charge is 0.472 e. The molecular weight excluding hydrogens is 741 g/mol. The number of ether oxygens (including phenoxy) is 2. The molecule has 0 spiro atoms. The van der Waals surface area contributed by atoms with E-state index in [-0.39, 0.29) is 26.1 Å². The van der Waals surface area contributed by atoms with Crippen LogP contribution in [0, 0.1) is 0 Å². The van der Waals surface area contributed by atoms with Crippen molar-refractivity contribution in [1.82, 2.24) is 0 Å². The summed E-state index contributed by atoms with van der Waals surface area (Å²) in [4.78, 5) is 35.4. The van der Waals surface area contributed by atoms with Crippen LogP contribution in [0.3, 0.4) is 0 Å². The van der Waals surface area contributed by atoms with E-state index in [1.54, 1.807) is 12.2 Å². The van der Waals surface area contributed by atoms with Crippen LogP contribution < -0.4 is 0 Å². The van der Waals surface area contributed by atoms with E-state index in [0.717, 1.165) is 25.7 Å². The van der Waals surface area contributed by atoms with Gasteiger partial charge in [-0.05, 0) is 38.5 Å². The summed E-state index contributed by atoms with van der Waals surface area (Å²) >= 11 is 0. The highest BCUT2D eigenvalue weighted by Gasteiger charge is 2.27. The summed E-state index contributed by atoms with van der Waals surface area (Å²) < 4.78 is 34.2. The van der Waals surface area contributed by atoms with Gasteiger partial charge in [-0.15, -0.1) is 0 Å². The Balaban J connectivity index is 4.52. The number of esters is 2. The Hall–Kier alpha value is -1.81. The fourth-order valence-electron chi connectivity index (χ4n) is 6.14. The fraction of sp³-hybridized carbons (Fsp3) is 0.826. The molecule has 10 nitrogen and oxygen atoms in total. The van der Waals surface area contributed by atoms with Gasteiger partial charge in [0.05, 0.1) is 33.9 Å². The number of aliphatic hydroxyl groups is 1. The normalized spacial score (nSPS) is 14.4. The third-order valence-electron chi connectivity index (χ3n) is 9.78.